The van der Waals surface area contributed by atoms with Gasteiger partial charge in [-0.15, -0.1) is 0 Å². The van der Waals surface area contributed by atoms with Crippen LogP contribution < -0.4 is 5.73 Å². The topological polar surface area (TPSA) is 155 Å². The Morgan fingerprint density at radius 1 is 1.12 bits per heavy atom. The first-order valence-corrected chi connectivity index (χ1v) is 4.72. The number of amides is 1. The molecule has 0 aliphatic heterocycles. The number of aliphatic carboxylic acids is 3. The number of hydrogen-bond acceptors (Lipinski definition) is 4. The highest BCUT2D eigenvalue weighted by Gasteiger charge is 2.61. The number of rotatable bonds is 7. The maximum atomic E-state index is 11.1. The Morgan fingerprint density at radius 2 is 1.53 bits per heavy atom. The summed E-state index contributed by atoms with van der Waals surface area (Å²) in [5.41, 5.74) is 1.64. The van der Waals surface area contributed by atoms with Crippen LogP contribution in [0.25, 0.3) is 0 Å². The van der Waals surface area contributed by atoms with Gasteiger partial charge in [0.1, 0.15) is 0 Å². The Labute approximate surface area is 96.0 Å². The maximum Gasteiger partial charge on any atom is 0.331 e. The van der Waals surface area contributed by atoms with Crippen molar-refractivity contribution in [2.24, 2.45) is 17.1 Å². The van der Waals surface area contributed by atoms with Crippen molar-refractivity contribution in [1.29, 1.82) is 0 Å². The molecule has 0 heterocycles. The Morgan fingerprint density at radius 3 is 1.71 bits per heavy atom. The summed E-state index contributed by atoms with van der Waals surface area (Å²) in [4.78, 5) is 44.0. The molecule has 0 aromatic carbocycles. The third-order valence-electron chi connectivity index (χ3n) is 2.46. The van der Waals surface area contributed by atoms with Crippen molar-refractivity contribution in [3.8, 4) is 0 Å². The van der Waals surface area contributed by atoms with Crippen LogP contribution in [-0.2, 0) is 19.2 Å². The molecule has 1 atom stereocenters. The molecule has 8 nitrogen and oxygen atoms in total. The average Bonchev–Trinajstić information content (AvgIpc) is 2.15. The molecule has 0 spiro atoms. The van der Waals surface area contributed by atoms with Crippen molar-refractivity contribution >= 4 is 23.8 Å². The van der Waals surface area contributed by atoms with Gasteiger partial charge in [0.2, 0.25) is 5.91 Å². The minimum Gasteiger partial charge on any atom is -0.481 e. The standard InChI is InChI=1S/C9H13NO7/c1-2-3-4(5(11)12)9(6(10)13,7(14)15)8(16)17/h4H,2-3H2,1H3,(H2,10,13)(H,11,12)(H,14,15)(H,16,17). The van der Waals surface area contributed by atoms with Crippen molar-refractivity contribution in [2.75, 3.05) is 0 Å². The van der Waals surface area contributed by atoms with E-state index in [-0.39, 0.29) is 12.8 Å². The fraction of sp³-hybridized carbons (Fsp3) is 0.556. The van der Waals surface area contributed by atoms with Crippen LogP contribution in [0.4, 0.5) is 0 Å². The van der Waals surface area contributed by atoms with Crippen LogP contribution >= 0.6 is 0 Å². The first-order chi connectivity index (χ1) is 7.72. The molecule has 17 heavy (non-hydrogen) atoms. The SMILES string of the molecule is CCCC(C(=O)O)C(C(N)=O)(C(=O)O)C(=O)O. The number of nitrogens with two attached hydrogens (primary N) is 1. The first-order valence-electron chi connectivity index (χ1n) is 4.72. The summed E-state index contributed by atoms with van der Waals surface area (Å²) >= 11 is 0. The fourth-order valence-electron chi connectivity index (χ4n) is 1.59. The molecular weight excluding hydrogens is 234 g/mol. The zero-order valence-electron chi connectivity index (χ0n) is 9.04. The minimum absolute atomic E-state index is 0.201. The van der Waals surface area contributed by atoms with E-state index in [1.54, 1.807) is 0 Å². The van der Waals surface area contributed by atoms with Crippen molar-refractivity contribution in [1.82, 2.24) is 0 Å². The minimum atomic E-state index is -3.14. The monoisotopic (exact) mass is 247 g/mol. The van der Waals surface area contributed by atoms with Gasteiger partial charge in [0.05, 0.1) is 5.92 Å². The van der Waals surface area contributed by atoms with Gasteiger partial charge in [0, 0.05) is 0 Å². The Kier molecular flexibility index (Phi) is 4.62. The molecule has 5 N–H and O–H groups in total. The summed E-state index contributed by atoms with van der Waals surface area (Å²) in [6, 6.07) is 0. The van der Waals surface area contributed by atoms with Crippen LogP contribution in [0.1, 0.15) is 19.8 Å². The van der Waals surface area contributed by atoms with Crippen molar-refractivity contribution < 1.29 is 34.5 Å². The predicted octanol–water partition coefficient (Wildman–Crippen LogP) is -0.872. The number of primary amides is 1. The van der Waals surface area contributed by atoms with E-state index < -0.39 is 35.1 Å². The highest BCUT2D eigenvalue weighted by molar-refractivity contribution is 6.20. The lowest BCUT2D eigenvalue weighted by Gasteiger charge is -2.27. The van der Waals surface area contributed by atoms with E-state index in [4.69, 9.17) is 21.1 Å². The zero-order valence-corrected chi connectivity index (χ0v) is 9.04. The van der Waals surface area contributed by atoms with E-state index in [9.17, 15) is 19.2 Å². The normalized spacial score (nSPS) is 12.8. The van der Waals surface area contributed by atoms with Crippen LogP contribution in [-0.4, -0.2) is 39.1 Å². The van der Waals surface area contributed by atoms with Crippen LogP contribution in [0.5, 0.6) is 0 Å². The molecule has 0 aliphatic rings. The second kappa shape index (κ2) is 5.28. The molecule has 1 amide bonds. The third-order valence-corrected chi connectivity index (χ3v) is 2.46. The lowest BCUT2D eigenvalue weighted by molar-refractivity contribution is -0.179. The van der Waals surface area contributed by atoms with E-state index in [1.165, 1.54) is 6.92 Å². The van der Waals surface area contributed by atoms with Gasteiger partial charge in [-0.05, 0) is 6.42 Å². The van der Waals surface area contributed by atoms with Crippen LogP contribution in [0.15, 0.2) is 0 Å². The molecule has 1 unspecified atom stereocenters. The van der Waals surface area contributed by atoms with E-state index in [0.717, 1.165) is 0 Å². The van der Waals surface area contributed by atoms with Gasteiger partial charge in [0.25, 0.3) is 5.41 Å². The first kappa shape index (κ1) is 14.9. The van der Waals surface area contributed by atoms with Crippen LogP contribution in [0.2, 0.25) is 0 Å². The highest BCUT2D eigenvalue weighted by Crippen LogP contribution is 2.32. The fourth-order valence-corrected chi connectivity index (χ4v) is 1.59. The van der Waals surface area contributed by atoms with Gasteiger partial charge < -0.3 is 21.1 Å². The number of hydrogen-bond donors (Lipinski definition) is 4. The number of carbonyl (C=O) groups is 4. The summed E-state index contributed by atoms with van der Waals surface area (Å²) in [6.07, 6.45) is -0.0799. The number of carboxylic acids is 3. The quantitative estimate of drug-likeness (QED) is 0.426. The molecule has 0 saturated carbocycles. The van der Waals surface area contributed by atoms with Crippen molar-refractivity contribution in [3.63, 3.8) is 0 Å². The molecule has 0 rings (SSSR count). The van der Waals surface area contributed by atoms with Gasteiger partial charge in [-0.3, -0.25) is 19.2 Å². The Bertz CT molecular complexity index is 326. The van der Waals surface area contributed by atoms with Crippen molar-refractivity contribution in [3.05, 3.63) is 0 Å². The molecule has 0 saturated heterocycles. The number of carboxylic acid groups (broad SMARTS) is 3. The summed E-state index contributed by atoms with van der Waals surface area (Å²) in [5, 5.41) is 26.6. The van der Waals surface area contributed by atoms with Gasteiger partial charge in [0.15, 0.2) is 0 Å². The zero-order chi connectivity index (χ0) is 13.8. The molecule has 0 fully saturated rings. The Balaban J connectivity index is 5.87. The summed E-state index contributed by atoms with van der Waals surface area (Å²) < 4.78 is 0. The van der Waals surface area contributed by atoms with Crippen LogP contribution in [0.3, 0.4) is 0 Å². The lowest BCUT2D eigenvalue weighted by atomic mass is 9.72. The van der Waals surface area contributed by atoms with Gasteiger partial charge in [-0.1, -0.05) is 13.3 Å². The Hall–Kier alpha value is -2.12. The van der Waals surface area contributed by atoms with E-state index in [2.05, 4.69) is 0 Å². The molecular formula is C9H13NO7. The lowest BCUT2D eigenvalue weighted by Crippen LogP contribution is -2.57. The third kappa shape index (κ3) is 2.35. The van der Waals surface area contributed by atoms with Gasteiger partial charge in [-0.25, -0.2) is 0 Å². The van der Waals surface area contributed by atoms with Crippen molar-refractivity contribution in [2.45, 2.75) is 19.8 Å². The largest absolute Gasteiger partial charge is 0.481 e. The summed E-state index contributed by atoms with van der Waals surface area (Å²) in [7, 11) is 0. The van der Waals surface area contributed by atoms with Gasteiger partial charge in [-0.2, -0.15) is 0 Å². The molecule has 0 bridgehead atoms. The highest BCUT2D eigenvalue weighted by atomic mass is 16.4. The molecule has 0 radical (unpaired) electrons. The second-order valence-corrected chi connectivity index (χ2v) is 3.46. The molecule has 8 heteroatoms. The van der Waals surface area contributed by atoms with E-state index in [0.29, 0.717) is 0 Å². The predicted molar refractivity (Wildman–Crippen MR) is 52.9 cm³/mol. The molecule has 0 aromatic heterocycles. The molecule has 0 aromatic rings. The average molecular weight is 247 g/mol. The van der Waals surface area contributed by atoms with Gasteiger partial charge >= 0.3 is 17.9 Å². The number of carbonyl (C=O) groups excluding carboxylic acids is 1. The molecule has 96 valence electrons. The van der Waals surface area contributed by atoms with Crippen LogP contribution in [0, 0.1) is 11.3 Å². The molecule has 0 aliphatic carbocycles. The second-order valence-electron chi connectivity index (χ2n) is 3.46. The summed E-state index contributed by atoms with van der Waals surface area (Å²) in [5.74, 6) is -9.43. The van der Waals surface area contributed by atoms with E-state index >= 15 is 0 Å². The summed E-state index contributed by atoms with van der Waals surface area (Å²) in [6.45, 7) is 1.53. The van der Waals surface area contributed by atoms with E-state index in [1.807, 2.05) is 0 Å². The smallest absolute Gasteiger partial charge is 0.331 e. The maximum absolute atomic E-state index is 11.1.